The van der Waals surface area contributed by atoms with E-state index in [2.05, 4.69) is 10.1 Å². The van der Waals surface area contributed by atoms with Gasteiger partial charge in [-0.15, -0.1) is 0 Å². The Morgan fingerprint density at radius 2 is 2.16 bits per heavy atom. The van der Waals surface area contributed by atoms with Crippen molar-refractivity contribution < 1.29 is 9.26 Å². The van der Waals surface area contributed by atoms with Crippen molar-refractivity contribution in [2.75, 3.05) is 13.2 Å². The van der Waals surface area contributed by atoms with Crippen LogP contribution in [0.5, 0.6) is 0 Å². The number of ether oxygens (including phenoxy) is 1. The Morgan fingerprint density at radius 1 is 1.32 bits per heavy atom. The van der Waals surface area contributed by atoms with Crippen LogP contribution < -0.4 is 5.73 Å². The van der Waals surface area contributed by atoms with Gasteiger partial charge < -0.3 is 15.0 Å². The highest BCUT2D eigenvalue weighted by Gasteiger charge is 2.29. The summed E-state index contributed by atoms with van der Waals surface area (Å²) in [6, 6.07) is 8.00. The summed E-state index contributed by atoms with van der Waals surface area (Å²) in [6.45, 7) is 3.29. The number of aryl methyl sites for hydroxylation is 1. The van der Waals surface area contributed by atoms with E-state index in [1.54, 1.807) is 0 Å². The van der Waals surface area contributed by atoms with Gasteiger partial charge >= 0.3 is 0 Å². The van der Waals surface area contributed by atoms with E-state index in [1.165, 1.54) is 0 Å². The van der Waals surface area contributed by atoms with Crippen LogP contribution in [-0.4, -0.2) is 29.4 Å². The lowest BCUT2D eigenvalue weighted by molar-refractivity contribution is 0.0590. The van der Waals surface area contributed by atoms with E-state index in [1.807, 2.05) is 31.2 Å². The first-order chi connectivity index (χ1) is 9.25. The molecule has 0 spiro atoms. The lowest BCUT2D eigenvalue weighted by Gasteiger charge is -2.25. The van der Waals surface area contributed by atoms with E-state index >= 15 is 0 Å². The van der Waals surface area contributed by atoms with Crippen LogP contribution in [0.3, 0.4) is 0 Å². The van der Waals surface area contributed by atoms with Gasteiger partial charge in [-0.1, -0.05) is 29.4 Å². The summed E-state index contributed by atoms with van der Waals surface area (Å²) in [5, 5.41) is 4.06. The second-order valence-corrected chi connectivity index (χ2v) is 4.91. The van der Waals surface area contributed by atoms with Crippen LogP contribution >= 0.6 is 0 Å². The average molecular weight is 259 g/mol. The molecule has 19 heavy (non-hydrogen) atoms. The van der Waals surface area contributed by atoms with Crippen molar-refractivity contribution in [2.24, 2.45) is 5.73 Å². The molecule has 1 aliphatic heterocycles. The minimum atomic E-state index is -0.000909. The monoisotopic (exact) mass is 259 g/mol. The van der Waals surface area contributed by atoms with E-state index < -0.39 is 0 Å². The molecule has 2 atom stereocenters. The van der Waals surface area contributed by atoms with E-state index in [-0.39, 0.29) is 12.0 Å². The quantitative estimate of drug-likeness (QED) is 0.891. The zero-order valence-corrected chi connectivity index (χ0v) is 10.9. The molecule has 5 nitrogen and oxygen atoms in total. The van der Waals surface area contributed by atoms with Crippen molar-refractivity contribution in [3.05, 3.63) is 35.7 Å². The molecule has 0 radical (unpaired) electrons. The maximum absolute atomic E-state index is 6.08. The zero-order chi connectivity index (χ0) is 13.2. The largest absolute Gasteiger partial charge is 0.381 e. The molecule has 0 bridgehead atoms. The topological polar surface area (TPSA) is 74.2 Å². The van der Waals surface area contributed by atoms with Gasteiger partial charge in [0.25, 0.3) is 0 Å². The molecule has 2 heterocycles. The maximum Gasteiger partial charge on any atom is 0.233 e. The molecule has 1 aromatic carbocycles. The molecule has 1 aliphatic rings. The maximum atomic E-state index is 6.08. The minimum Gasteiger partial charge on any atom is -0.381 e. The summed E-state index contributed by atoms with van der Waals surface area (Å²) in [6.07, 6.45) is 0.826. The molecule has 100 valence electrons. The van der Waals surface area contributed by atoms with Gasteiger partial charge in [0.15, 0.2) is 0 Å². The summed E-state index contributed by atoms with van der Waals surface area (Å²) >= 11 is 0. The van der Waals surface area contributed by atoms with Gasteiger partial charge in [0, 0.05) is 18.2 Å². The molecule has 5 heteroatoms. The van der Waals surface area contributed by atoms with Gasteiger partial charge in [0.2, 0.25) is 11.7 Å². The number of benzene rings is 1. The number of nitrogens with zero attached hydrogens (tertiary/aromatic N) is 2. The second kappa shape index (κ2) is 5.11. The van der Waals surface area contributed by atoms with Crippen LogP contribution in [0, 0.1) is 6.92 Å². The molecule has 2 unspecified atom stereocenters. The Kier molecular flexibility index (Phi) is 3.31. The van der Waals surface area contributed by atoms with Gasteiger partial charge in [-0.3, -0.25) is 0 Å². The number of aromatic nitrogens is 2. The van der Waals surface area contributed by atoms with Crippen LogP contribution in [-0.2, 0) is 4.74 Å². The fourth-order valence-corrected chi connectivity index (χ4v) is 2.33. The fraction of sp³-hybridized carbons (Fsp3) is 0.429. The molecule has 3 rings (SSSR count). The summed E-state index contributed by atoms with van der Waals surface area (Å²) in [5.41, 5.74) is 8.19. The highest BCUT2D eigenvalue weighted by Crippen LogP contribution is 2.26. The summed E-state index contributed by atoms with van der Waals surface area (Å²) < 4.78 is 10.8. The Labute approximate surface area is 111 Å². The van der Waals surface area contributed by atoms with Gasteiger partial charge in [-0.25, -0.2) is 0 Å². The van der Waals surface area contributed by atoms with Crippen LogP contribution in [0.15, 0.2) is 28.8 Å². The van der Waals surface area contributed by atoms with Crippen molar-refractivity contribution >= 4 is 0 Å². The van der Waals surface area contributed by atoms with Gasteiger partial charge in [-0.05, 0) is 18.9 Å². The summed E-state index contributed by atoms with van der Waals surface area (Å²) in [5.74, 6) is 1.19. The highest BCUT2D eigenvalue weighted by atomic mass is 16.5. The standard InChI is InChI=1S/C14H17N3O2/c1-9-4-2-3-5-10(9)13-16-14(19-17-13)11-8-18-7-6-12(11)15/h2-5,11-12H,6-8,15H2,1H3. The Balaban J connectivity index is 1.89. The molecular weight excluding hydrogens is 242 g/mol. The molecule has 1 saturated heterocycles. The molecule has 1 aromatic heterocycles. The van der Waals surface area contributed by atoms with E-state index in [0.717, 1.165) is 17.5 Å². The average Bonchev–Trinajstić information content (AvgIpc) is 2.89. The molecule has 2 aromatic rings. The lowest BCUT2D eigenvalue weighted by atomic mass is 9.97. The number of hydrogen-bond donors (Lipinski definition) is 1. The first kappa shape index (κ1) is 12.3. The Morgan fingerprint density at radius 3 is 2.95 bits per heavy atom. The second-order valence-electron chi connectivity index (χ2n) is 4.91. The first-order valence-corrected chi connectivity index (χ1v) is 6.48. The smallest absolute Gasteiger partial charge is 0.233 e. The third kappa shape index (κ3) is 2.39. The molecule has 2 N–H and O–H groups in total. The van der Waals surface area contributed by atoms with Gasteiger partial charge in [-0.2, -0.15) is 4.98 Å². The van der Waals surface area contributed by atoms with Gasteiger partial charge in [0.05, 0.1) is 12.5 Å². The molecule has 0 aliphatic carbocycles. The molecule has 0 saturated carbocycles. The van der Waals surface area contributed by atoms with Crippen LogP contribution in [0.1, 0.15) is 23.8 Å². The lowest BCUT2D eigenvalue weighted by Crippen LogP contribution is -2.37. The number of rotatable bonds is 2. The van der Waals surface area contributed by atoms with Crippen molar-refractivity contribution in [2.45, 2.75) is 25.3 Å². The van der Waals surface area contributed by atoms with E-state index in [4.69, 9.17) is 15.0 Å². The number of hydrogen-bond acceptors (Lipinski definition) is 5. The third-order valence-corrected chi connectivity index (χ3v) is 3.55. The number of nitrogens with two attached hydrogens (primary N) is 1. The molecular formula is C14H17N3O2. The normalized spacial score (nSPS) is 23.5. The van der Waals surface area contributed by atoms with Crippen molar-refractivity contribution in [1.82, 2.24) is 10.1 Å². The van der Waals surface area contributed by atoms with Crippen molar-refractivity contribution in [3.63, 3.8) is 0 Å². The van der Waals surface area contributed by atoms with Crippen molar-refractivity contribution in [1.29, 1.82) is 0 Å². The van der Waals surface area contributed by atoms with E-state index in [0.29, 0.717) is 24.9 Å². The SMILES string of the molecule is Cc1ccccc1-c1noc(C2COCCC2N)n1. The van der Waals surface area contributed by atoms with Crippen LogP contribution in [0.25, 0.3) is 11.4 Å². The van der Waals surface area contributed by atoms with E-state index in [9.17, 15) is 0 Å². The third-order valence-electron chi connectivity index (χ3n) is 3.55. The molecule has 1 fully saturated rings. The Hall–Kier alpha value is -1.72. The molecule has 0 amide bonds. The highest BCUT2D eigenvalue weighted by molar-refractivity contribution is 5.59. The predicted octanol–water partition coefficient (Wildman–Crippen LogP) is 1.88. The predicted molar refractivity (Wildman–Crippen MR) is 70.6 cm³/mol. The Bertz CT molecular complexity index is 567. The summed E-state index contributed by atoms with van der Waals surface area (Å²) in [4.78, 5) is 4.48. The summed E-state index contributed by atoms with van der Waals surface area (Å²) in [7, 11) is 0. The van der Waals surface area contributed by atoms with Crippen molar-refractivity contribution in [3.8, 4) is 11.4 Å². The van der Waals surface area contributed by atoms with Crippen LogP contribution in [0.4, 0.5) is 0 Å². The fourth-order valence-electron chi connectivity index (χ4n) is 2.33. The van der Waals surface area contributed by atoms with Gasteiger partial charge in [0.1, 0.15) is 0 Å². The zero-order valence-electron chi connectivity index (χ0n) is 10.9. The van der Waals surface area contributed by atoms with Crippen LogP contribution in [0.2, 0.25) is 0 Å². The first-order valence-electron chi connectivity index (χ1n) is 6.48. The minimum absolute atomic E-state index is 0.000909.